The molecule has 0 aliphatic heterocycles. The molecule has 0 radical (unpaired) electrons. The molecule has 4 N–H and O–H groups in total. The second-order valence-corrected chi connectivity index (χ2v) is 6.60. The maximum atomic E-state index is 10.7. The minimum atomic E-state index is -4.00. The van der Waals surface area contributed by atoms with Crippen molar-refractivity contribution < 1.29 is 22.9 Å². The summed E-state index contributed by atoms with van der Waals surface area (Å²) in [6, 6.07) is 7.27. The molecule has 0 amide bonds. The summed E-state index contributed by atoms with van der Waals surface area (Å²) in [5.41, 5.74) is 5.73. The number of fused-ring (bicyclic) bond motifs is 2. The first-order chi connectivity index (χ1) is 9.80. The van der Waals surface area contributed by atoms with E-state index >= 15 is 0 Å². The third-order valence-electron chi connectivity index (χ3n) is 3.85. The number of hydrogen-bond donors (Lipinski definition) is 3. The standard InChI is InChI=1S/C8H11NO2.C6H6O3S/c9-7-5-2-1-4(3-5)6(7)8(10)11;7-10(8,9)6-4-2-1-3-5-6/h1-2,4-7H,3,9H2,(H,10,11);1-5H,(H,7,8,9)/t4-,5-,6-,7+;/m0./s1. The first-order valence-corrected chi connectivity index (χ1v) is 7.94. The summed E-state index contributed by atoms with van der Waals surface area (Å²) >= 11 is 0. The van der Waals surface area contributed by atoms with Gasteiger partial charge in [-0.25, -0.2) is 0 Å². The van der Waals surface area contributed by atoms with E-state index < -0.39 is 16.1 Å². The highest BCUT2D eigenvalue weighted by atomic mass is 32.2. The Morgan fingerprint density at radius 2 is 1.71 bits per heavy atom. The zero-order chi connectivity index (χ0) is 15.6. The first-order valence-electron chi connectivity index (χ1n) is 6.50. The van der Waals surface area contributed by atoms with Crippen LogP contribution < -0.4 is 5.73 Å². The Morgan fingerprint density at radius 1 is 1.14 bits per heavy atom. The quantitative estimate of drug-likeness (QED) is 0.557. The van der Waals surface area contributed by atoms with Crippen molar-refractivity contribution in [3.8, 4) is 0 Å². The van der Waals surface area contributed by atoms with Crippen molar-refractivity contribution in [1.29, 1.82) is 0 Å². The molecule has 114 valence electrons. The lowest BCUT2D eigenvalue weighted by Gasteiger charge is -2.19. The van der Waals surface area contributed by atoms with Gasteiger partial charge in [0.05, 0.1) is 10.8 Å². The topological polar surface area (TPSA) is 118 Å². The molecule has 21 heavy (non-hydrogen) atoms. The Hall–Kier alpha value is -1.70. The van der Waals surface area contributed by atoms with Crippen LogP contribution >= 0.6 is 0 Å². The van der Waals surface area contributed by atoms with E-state index in [1.54, 1.807) is 18.2 Å². The van der Waals surface area contributed by atoms with Gasteiger partial charge in [-0.2, -0.15) is 8.42 Å². The van der Waals surface area contributed by atoms with Crippen molar-refractivity contribution >= 4 is 16.1 Å². The number of carboxylic acid groups (broad SMARTS) is 1. The number of rotatable bonds is 2. The SMILES string of the molecule is N[C@H]1[C@@H](C(=O)O)[C@H]2C=C[C@H]1C2.O=S(=O)(O)c1ccccc1. The molecular formula is C14H17NO5S. The van der Waals surface area contributed by atoms with E-state index in [1.807, 2.05) is 6.08 Å². The number of carbonyl (C=O) groups is 1. The number of allylic oxidation sites excluding steroid dienone is 1. The zero-order valence-corrected chi connectivity index (χ0v) is 12.0. The minimum Gasteiger partial charge on any atom is -0.481 e. The van der Waals surface area contributed by atoms with E-state index in [1.165, 1.54) is 12.1 Å². The molecule has 1 saturated carbocycles. The Balaban J connectivity index is 0.000000155. The monoisotopic (exact) mass is 311 g/mol. The summed E-state index contributed by atoms with van der Waals surface area (Å²) < 4.78 is 29.2. The maximum Gasteiger partial charge on any atom is 0.308 e. The minimum absolute atomic E-state index is 0.0741. The van der Waals surface area contributed by atoms with Crippen LogP contribution in [0.1, 0.15) is 6.42 Å². The Bertz CT molecular complexity index is 641. The van der Waals surface area contributed by atoms with Gasteiger partial charge in [-0.1, -0.05) is 30.4 Å². The fourth-order valence-electron chi connectivity index (χ4n) is 2.80. The summed E-state index contributed by atoms with van der Waals surface area (Å²) in [5.74, 6) is -0.548. The molecule has 0 unspecified atom stereocenters. The third-order valence-corrected chi connectivity index (χ3v) is 4.71. The molecule has 2 aliphatic rings. The highest BCUT2D eigenvalue weighted by Crippen LogP contribution is 2.42. The van der Waals surface area contributed by atoms with Crippen molar-refractivity contribution in [2.45, 2.75) is 17.4 Å². The summed E-state index contributed by atoms with van der Waals surface area (Å²) in [4.78, 5) is 10.6. The number of nitrogens with two attached hydrogens (primary N) is 1. The summed E-state index contributed by atoms with van der Waals surface area (Å²) in [7, 11) is -4.00. The van der Waals surface area contributed by atoms with Crippen molar-refractivity contribution in [3.63, 3.8) is 0 Å². The van der Waals surface area contributed by atoms with Crippen LogP contribution in [0.3, 0.4) is 0 Å². The molecule has 2 bridgehead atoms. The molecule has 2 aliphatic carbocycles. The third kappa shape index (κ3) is 3.49. The molecule has 4 atom stereocenters. The molecule has 0 saturated heterocycles. The highest BCUT2D eigenvalue weighted by Gasteiger charge is 2.46. The van der Waals surface area contributed by atoms with Crippen molar-refractivity contribution in [2.24, 2.45) is 23.5 Å². The molecule has 1 aromatic rings. The first kappa shape index (κ1) is 15.7. The van der Waals surface area contributed by atoms with Crippen LogP contribution in [-0.2, 0) is 14.9 Å². The lowest BCUT2D eigenvalue weighted by Crippen LogP contribution is -2.38. The van der Waals surface area contributed by atoms with Gasteiger partial charge in [-0.05, 0) is 30.4 Å². The number of hydrogen-bond acceptors (Lipinski definition) is 4. The fourth-order valence-corrected chi connectivity index (χ4v) is 3.30. The Morgan fingerprint density at radius 3 is 2.05 bits per heavy atom. The van der Waals surface area contributed by atoms with Gasteiger partial charge >= 0.3 is 5.97 Å². The van der Waals surface area contributed by atoms with E-state index in [-0.39, 0.29) is 22.8 Å². The normalized spacial score (nSPS) is 29.8. The average molecular weight is 311 g/mol. The van der Waals surface area contributed by atoms with E-state index in [0.29, 0.717) is 5.92 Å². The predicted octanol–water partition coefficient (Wildman–Crippen LogP) is 1.15. The lowest BCUT2D eigenvalue weighted by atomic mass is 9.90. The summed E-state index contributed by atoms with van der Waals surface area (Å²) in [6.45, 7) is 0. The van der Waals surface area contributed by atoms with Gasteiger partial charge in [-0.3, -0.25) is 9.35 Å². The predicted molar refractivity (Wildman–Crippen MR) is 76.1 cm³/mol. The molecule has 6 nitrogen and oxygen atoms in total. The largest absolute Gasteiger partial charge is 0.481 e. The van der Waals surface area contributed by atoms with Crippen molar-refractivity contribution in [2.75, 3.05) is 0 Å². The zero-order valence-electron chi connectivity index (χ0n) is 11.2. The van der Waals surface area contributed by atoms with E-state index in [9.17, 15) is 13.2 Å². The maximum absolute atomic E-state index is 10.7. The van der Waals surface area contributed by atoms with E-state index in [0.717, 1.165) is 6.42 Å². The van der Waals surface area contributed by atoms with Crippen LogP contribution in [0, 0.1) is 17.8 Å². The fraction of sp³-hybridized carbons (Fsp3) is 0.357. The van der Waals surface area contributed by atoms with E-state index in [2.05, 4.69) is 6.08 Å². The van der Waals surface area contributed by atoms with Gasteiger partial charge < -0.3 is 10.8 Å². The number of benzene rings is 1. The second kappa shape index (κ2) is 5.97. The molecule has 7 heteroatoms. The molecule has 0 spiro atoms. The van der Waals surface area contributed by atoms with Crippen molar-refractivity contribution in [1.82, 2.24) is 0 Å². The Kier molecular flexibility index (Phi) is 4.46. The summed E-state index contributed by atoms with van der Waals surface area (Å²) in [6.07, 6.45) is 4.99. The summed E-state index contributed by atoms with van der Waals surface area (Å²) in [5, 5.41) is 8.79. The molecule has 1 fully saturated rings. The number of aliphatic carboxylic acids is 1. The smallest absolute Gasteiger partial charge is 0.308 e. The van der Waals surface area contributed by atoms with Crippen LogP contribution in [0.2, 0.25) is 0 Å². The lowest BCUT2D eigenvalue weighted by molar-refractivity contribution is -0.143. The van der Waals surface area contributed by atoms with Gasteiger partial charge in [-0.15, -0.1) is 0 Å². The molecule has 3 rings (SSSR count). The van der Waals surface area contributed by atoms with Crippen LogP contribution in [0.15, 0.2) is 47.4 Å². The van der Waals surface area contributed by atoms with Crippen LogP contribution in [0.5, 0.6) is 0 Å². The van der Waals surface area contributed by atoms with Gasteiger partial charge in [0, 0.05) is 6.04 Å². The average Bonchev–Trinajstić information content (AvgIpc) is 3.00. The van der Waals surface area contributed by atoms with Crippen molar-refractivity contribution in [3.05, 3.63) is 42.5 Å². The van der Waals surface area contributed by atoms with Gasteiger partial charge in [0.15, 0.2) is 0 Å². The van der Waals surface area contributed by atoms with Crippen LogP contribution in [-0.4, -0.2) is 30.1 Å². The van der Waals surface area contributed by atoms with Gasteiger partial charge in [0.25, 0.3) is 10.1 Å². The number of carboxylic acids is 1. The van der Waals surface area contributed by atoms with Crippen LogP contribution in [0.4, 0.5) is 0 Å². The van der Waals surface area contributed by atoms with Gasteiger partial charge in [0.2, 0.25) is 0 Å². The molecule has 0 heterocycles. The second-order valence-electron chi connectivity index (χ2n) is 5.18. The van der Waals surface area contributed by atoms with Gasteiger partial charge in [0.1, 0.15) is 0 Å². The Labute approximate surface area is 123 Å². The molecule has 1 aromatic carbocycles. The highest BCUT2D eigenvalue weighted by molar-refractivity contribution is 7.85. The van der Waals surface area contributed by atoms with Crippen LogP contribution in [0.25, 0.3) is 0 Å². The van der Waals surface area contributed by atoms with E-state index in [4.69, 9.17) is 15.4 Å². The molecule has 0 aromatic heterocycles. The molecular weight excluding hydrogens is 294 g/mol.